The Morgan fingerprint density at radius 2 is 1.48 bits per heavy atom. The highest BCUT2D eigenvalue weighted by Crippen LogP contribution is 2.22. The SMILES string of the molecule is NC(=NN=Cc1ccccc1-c1ccccc1)SCc1ccccc1. The Balaban J connectivity index is 1.68. The van der Waals surface area contributed by atoms with Crippen LogP contribution in [0.15, 0.2) is 95.1 Å². The van der Waals surface area contributed by atoms with E-state index in [2.05, 4.69) is 40.5 Å². The minimum atomic E-state index is 0.456. The zero-order chi connectivity index (χ0) is 17.3. The van der Waals surface area contributed by atoms with Gasteiger partial charge in [0.25, 0.3) is 0 Å². The van der Waals surface area contributed by atoms with Gasteiger partial charge in [-0.05, 0) is 16.7 Å². The van der Waals surface area contributed by atoms with Crippen molar-refractivity contribution in [3.8, 4) is 11.1 Å². The van der Waals surface area contributed by atoms with Crippen LogP contribution in [-0.2, 0) is 5.75 Å². The van der Waals surface area contributed by atoms with E-state index in [1.165, 1.54) is 17.3 Å². The van der Waals surface area contributed by atoms with Gasteiger partial charge in [-0.25, -0.2) is 0 Å². The third kappa shape index (κ3) is 5.06. The normalized spacial score (nSPS) is 11.8. The predicted molar refractivity (Wildman–Crippen MR) is 109 cm³/mol. The number of nitrogens with two attached hydrogens (primary N) is 1. The van der Waals surface area contributed by atoms with Crippen molar-refractivity contribution in [2.24, 2.45) is 15.9 Å². The van der Waals surface area contributed by atoms with Crippen LogP contribution in [-0.4, -0.2) is 11.4 Å². The minimum absolute atomic E-state index is 0.456. The van der Waals surface area contributed by atoms with Gasteiger partial charge in [-0.1, -0.05) is 96.7 Å². The molecule has 124 valence electrons. The fourth-order valence-electron chi connectivity index (χ4n) is 2.40. The number of thioether (sulfide) groups is 1. The first-order chi connectivity index (χ1) is 12.3. The Bertz CT molecular complexity index is 859. The molecule has 0 fully saturated rings. The summed E-state index contributed by atoms with van der Waals surface area (Å²) in [5.74, 6) is 0.784. The quantitative estimate of drug-likeness (QED) is 0.405. The minimum Gasteiger partial charge on any atom is -0.377 e. The molecule has 0 aliphatic heterocycles. The molecule has 3 aromatic carbocycles. The van der Waals surface area contributed by atoms with E-state index in [4.69, 9.17) is 5.73 Å². The second-order valence-corrected chi connectivity index (χ2v) is 6.41. The largest absolute Gasteiger partial charge is 0.377 e. The van der Waals surface area contributed by atoms with Crippen molar-refractivity contribution in [3.05, 3.63) is 96.1 Å². The zero-order valence-electron chi connectivity index (χ0n) is 13.7. The highest BCUT2D eigenvalue weighted by molar-refractivity contribution is 8.13. The van der Waals surface area contributed by atoms with Crippen molar-refractivity contribution in [2.75, 3.05) is 0 Å². The van der Waals surface area contributed by atoms with Crippen LogP contribution in [0.25, 0.3) is 11.1 Å². The molecule has 0 amide bonds. The van der Waals surface area contributed by atoms with E-state index in [0.29, 0.717) is 5.17 Å². The van der Waals surface area contributed by atoms with E-state index < -0.39 is 0 Å². The van der Waals surface area contributed by atoms with Crippen molar-refractivity contribution in [1.29, 1.82) is 0 Å². The lowest BCUT2D eigenvalue weighted by molar-refractivity contribution is 1.25. The first kappa shape index (κ1) is 17.0. The van der Waals surface area contributed by atoms with E-state index in [1.54, 1.807) is 6.21 Å². The third-order valence-electron chi connectivity index (χ3n) is 3.63. The summed E-state index contributed by atoms with van der Waals surface area (Å²) in [6, 6.07) is 28.5. The standard InChI is InChI=1S/C21H19N3S/c22-21(25-16-17-9-3-1-4-10-17)24-23-15-19-13-7-8-14-20(19)18-11-5-2-6-12-18/h1-15H,16H2,(H2,22,24). The van der Waals surface area contributed by atoms with Crippen LogP contribution in [0.3, 0.4) is 0 Å². The van der Waals surface area contributed by atoms with Crippen molar-refractivity contribution in [3.63, 3.8) is 0 Å². The van der Waals surface area contributed by atoms with Gasteiger partial charge in [0.2, 0.25) is 0 Å². The summed E-state index contributed by atoms with van der Waals surface area (Å²) < 4.78 is 0. The zero-order valence-corrected chi connectivity index (χ0v) is 14.6. The van der Waals surface area contributed by atoms with E-state index in [1.807, 2.05) is 54.6 Å². The Morgan fingerprint density at radius 3 is 2.24 bits per heavy atom. The maximum atomic E-state index is 5.93. The molecule has 0 radical (unpaired) electrons. The Hall–Kier alpha value is -2.85. The molecule has 0 aromatic heterocycles. The van der Waals surface area contributed by atoms with Gasteiger partial charge in [-0.3, -0.25) is 0 Å². The lowest BCUT2D eigenvalue weighted by atomic mass is 10.0. The molecule has 0 atom stereocenters. The molecule has 3 aromatic rings. The maximum absolute atomic E-state index is 5.93. The Morgan fingerprint density at radius 1 is 0.840 bits per heavy atom. The first-order valence-corrected chi connectivity index (χ1v) is 8.99. The highest BCUT2D eigenvalue weighted by atomic mass is 32.2. The molecule has 0 spiro atoms. The maximum Gasteiger partial charge on any atom is 0.180 e. The predicted octanol–water partition coefficient (Wildman–Crippen LogP) is 4.94. The van der Waals surface area contributed by atoms with Crippen LogP contribution < -0.4 is 5.73 Å². The van der Waals surface area contributed by atoms with Crippen LogP contribution in [0.2, 0.25) is 0 Å². The topological polar surface area (TPSA) is 50.7 Å². The van der Waals surface area contributed by atoms with Gasteiger partial charge in [0.05, 0.1) is 6.21 Å². The van der Waals surface area contributed by atoms with Crippen LogP contribution in [0, 0.1) is 0 Å². The highest BCUT2D eigenvalue weighted by Gasteiger charge is 2.01. The van der Waals surface area contributed by atoms with Gasteiger partial charge in [0.15, 0.2) is 5.17 Å². The lowest BCUT2D eigenvalue weighted by Crippen LogP contribution is -2.06. The number of hydrogen-bond acceptors (Lipinski definition) is 3. The smallest absolute Gasteiger partial charge is 0.180 e. The van der Waals surface area contributed by atoms with Crippen LogP contribution in [0.4, 0.5) is 0 Å². The van der Waals surface area contributed by atoms with Crippen LogP contribution in [0.1, 0.15) is 11.1 Å². The van der Waals surface area contributed by atoms with Crippen LogP contribution in [0.5, 0.6) is 0 Å². The summed E-state index contributed by atoms with van der Waals surface area (Å²) in [6.45, 7) is 0. The van der Waals surface area contributed by atoms with Gasteiger partial charge in [-0.15, -0.1) is 5.10 Å². The van der Waals surface area contributed by atoms with Crippen LogP contribution >= 0.6 is 11.8 Å². The summed E-state index contributed by atoms with van der Waals surface area (Å²) in [5.41, 5.74) is 10.4. The summed E-state index contributed by atoms with van der Waals surface area (Å²) in [7, 11) is 0. The van der Waals surface area contributed by atoms with Gasteiger partial charge < -0.3 is 5.73 Å². The van der Waals surface area contributed by atoms with Gasteiger partial charge in [0.1, 0.15) is 0 Å². The second kappa shape index (κ2) is 8.85. The number of hydrogen-bond donors (Lipinski definition) is 1. The molecule has 0 saturated heterocycles. The Kier molecular flexibility index (Phi) is 6.01. The van der Waals surface area contributed by atoms with E-state index in [0.717, 1.165) is 22.4 Å². The molecule has 0 saturated carbocycles. The number of rotatable bonds is 5. The summed E-state index contributed by atoms with van der Waals surface area (Å²) in [4.78, 5) is 0. The van der Waals surface area contributed by atoms with E-state index >= 15 is 0 Å². The fourth-order valence-corrected chi connectivity index (χ4v) is 3.01. The lowest BCUT2D eigenvalue weighted by Gasteiger charge is -2.05. The molecule has 25 heavy (non-hydrogen) atoms. The first-order valence-electron chi connectivity index (χ1n) is 8.00. The summed E-state index contributed by atoms with van der Waals surface area (Å²) >= 11 is 1.48. The molecule has 2 N–H and O–H groups in total. The molecule has 3 rings (SSSR count). The van der Waals surface area contributed by atoms with E-state index in [9.17, 15) is 0 Å². The van der Waals surface area contributed by atoms with Crippen molar-refractivity contribution in [2.45, 2.75) is 5.75 Å². The average molecular weight is 345 g/mol. The van der Waals surface area contributed by atoms with Crippen molar-refractivity contribution in [1.82, 2.24) is 0 Å². The molecule has 0 unspecified atom stereocenters. The van der Waals surface area contributed by atoms with Crippen molar-refractivity contribution >= 4 is 23.1 Å². The molecule has 4 heteroatoms. The molecular formula is C21H19N3S. The van der Waals surface area contributed by atoms with Gasteiger partial charge in [-0.2, -0.15) is 5.10 Å². The number of benzene rings is 3. The average Bonchev–Trinajstić information content (AvgIpc) is 2.68. The molecule has 0 bridgehead atoms. The fraction of sp³-hybridized carbons (Fsp3) is 0.0476. The third-order valence-corrected chi connectivity index (χ3v) is 4.48. The second-order valence-electron chi connectivity index (χ2n) is 5.41. The molecule has 3 nitrogen and oxygen atoms in total. The summed E-state index contributed by atoms with van der Waals surface area (Å²) in [6.07, 6.45) is 1.75. The number of nitrogens with zero attached hydrogens (tertiary/aromatic N) is 2. The van der Waals surface area contributed by atoms with Gasteiger partial charge in [0, 0.05) is 11.3 Å². The van der Waals surface area contributed by atoms with E-state index in [-0.39, 0.29) is 0 Å². The molecular weight excluding hydrogens is 326 g/mol. The Labute approximate surface area is 152 Å². The molecule has 0 heterocycles. The molecule has 0 aliphatic rings. The monoisotopic (exact) mass is 345 g/mol. The van der Waals surface area contributed by atoms with Crippen molar-refractivity contribution < 1.29 is 0 Å². The summed E-state index contributed by atoms with van der Waals surface area (Å²) in [5, 5.41) is 8.71. The van der Waals surface area contributed by atoms with Gasteiger partial charge >= 0.3 is 0 Å². The number of amidine groups is 1. The molecule has 0 aliphatic carbocycles.